The van der Waals surface area contributed by atoms with Crippen molar-refractivity contribution < 1.29 is 4.79 Å². The van der Waals surface area contributed by atoms with Crippen molar-refractivity contribution in [3.63, 3.8) is 0 Å². The fourth-order valence-electron chi connectivity index (χ4n) is 0.895. The van der Waals surface area contributed by atoms with Crippen LogP contribution in [0.3, 0.4) is 0 Å². The van der Waals surface area contributed by atoms with E-state index in [1.807, 2.05) is 0 Å². The minimum Gasteiger partial charge on any atom is -0.326 e. The van der Waals surface area contributed by atoms with Gasteiger partial charge in [0.05, 0.1) is 11.6 Å². The predicted octanol–water partition coefficient (Wildman–Crippen LogP) is 2.38. The van der Waals surface area contributed by atoms with Crippen molar-refractivity contribution in [3.8, 4) is 0 Å². The van der Waals surface area contributed by atoms with Gasteiger partial charge in [0.2, 0.25) is 5.91 Å². The number of nitrogens with one attached hydrogen (secondary N) is 1. The van der Waals surface area contributed by atoms with Gasteiger partial charge in [-0.1, -0.05) is 0 Å². The zero-order chi connectivity index (χ0) is 9.84. The molecule has 0 aliphatic carbocycles. The van der Waals surface area contributed by atoms with E-state index in [9.17, 15) is 4.79 Å². The molecule has 1 heterocycles. The first-order valence-electron chi connectivity index (χ1n) is 3.62. The van der Waals surface area contributed by atoms with E-state index in [1.54, 1.807) is 12.1 Å². The zero-order valence-corrected chi connectivity index (χ0v) is 9.89. The van der Waals surface area contributed by atoms with Gasteiger partial charge in [-0.3, -0.25) is 4.79 Å². The lowest BCUT2D eigenvalue weighted by Crippen LogP contribution is -2.06. The molecule has 1 rings (SSSR count). The van der Waals surface area contributed by atoms with Crippen LogP contribution in [0.15, 0.2) is 12.1 Å². The Morgan fingerprint density at radius 2 is 2.38 bits per heavy atom. The summed E-state index contributed by atoms with van der Waals surface area (Å²) in [5.41, 5.74) is 1.50. The topological polar surface area (TPSA) is 42.0 Å². The average molecular weight is 311 g/mol. The van der Waals surface area contributed by atoms with Crippen LogP contribution in [0.2, 0.25) is 0 Å². The first kappa shape index (κ1) is 10.7. The Bertz CT molecular complexity index is 330. The number of alkyl halides is 1. The van der Waals surface area contributed by atoms with Gasteiger partial charge in [0, 0.05) is 12.6 Å². The predicted molar refractivity (Wildman–Crippen MR) is 60.8 cm³/mol. The van der Waals surface area contributed by atoms with E-state index in [0.717, 1.165) is 15.1 Å². The molecule has 70 valence electrons. The monoisotopic (exact) mass is 310 g/mol. The molecule has 0 saturated carbocycles. The number of hydrogen-bond donors (Lipinski definition) is 1. The molecule has 0 aliphatic rings. The summed E-state index contributed by atoms with van der Waals surface area (Å²) in [7, 11) is 0. The van der Waals surface area contributed by atoms with Crippen LogP contribution in [-0.2, 0) is 10.7 Å². The molecule has 1 N–H and O–H groups in total. The second-order valence-electron chi connectivity index (χ2n) is 2.48. The molecule has 0 saturated heterocycles. The summed E-state index contributed by atoms with van der Waals surface area (Å²) < 4.78 is 0.819. The molecule has 0 atom stereocenters. The standard InChI is InChI=1S/C8H8ClIN2O/c1-5(13)11-6-2-7(4-9)12-8(10)3-6/h2-3H,4H2,1H3,(H,11,12,13). The molecule has 5 heteroatoms. The first-order chi connectivity index (χ1) is 6.11. The molecule has 0 unspecified atom stereocenters. The average Bonchev–Trinajstić information content (AvgIpc) is 2.01. The normalized spacial score (nSPS) is 9.77. The summed E-state index contributed by atoms with van der Waals surface area (Å²) in [5.74, 6) is 0.256. The number of pyridine rings is 1. The summed E-state index contributed by atoms with van der Waals surface area (Å²) in [6, 6.07) is 3.55. The summed E-state index contributed by atoms with van der Waals surface area (Å²) >= 11 is 7.71. The SMILES string of the molecule is CC(=O)Nc1cc(I)nc(CCl)c1. The third kappa shape index (κ3) is 3.48. The maximum absolute atomic E-state index is 10.8. The number of anilines is 1. The van der Waals surface area contributed by atoms with Gasteiger partial charge in [0.25, 0.3) is 0 Å². The lowest BCUT2D eigenvalue weighted by Gasteiger charge is -2.03. The Morgan fingerprint density at radius 3 is 2.92 bits per heavy atom. The maximum atomic E-state index is 10.8. The molecule has 3 nitrogen and oxygen atoms in total. The van der Waals surface area contributed by atoms with E-state index < -0.39 is 0 Å². The lowest BCUT2D eigenvalue weighted by atomic mass is 10.3. The van der Waals surface area contributed by atoms with Crippen LogP contribution in [0.1, 0.15) is 12.6 Å². The number of amides is 1. The Labute approximate surface area is 95.0 Å². The van der Waals surface area contributed by atoms with Gasteiger partial charge in [-0.05, 0) is 34.7 Å². The number of rotatable bonds is 2. The van der Waals surface area contributed by atoms with Crippen LogP contribution >= 0.6 is 34.2 Å². The highest BCUT2D eigenvalue weighted by Crippen LogP contribution is 2.14. The van der Waals surface area contributed by atoms with Gasteiger partial charge >= 0.3 is 0 Å². The number of hydrogen-bond acceptors (Lipinski definition) is 2. The highest BCUT2D eigenvalue weighted by Gasteiger charge is 2.01. The molecule has 0 aliphatic heterocycles. The van der Waals surface area contributed by atoms with Crippen LogP contribution in [0.5, 0.6) is 0 Å². The van der Waals surface area contributed by atoms with Gasteiger partial charge < -0.3 is 5.32 Å². The third-order valence-electron chi connectivity index (χ3n) is 1.30. The lowest BCUT2D eigenvalue weighted by molar-refractivity contribution is -0.114. The summed E-state index contributed by atoms with van der Waals surface area (Å²) in [6.07, 6.45) is 0. The van der Waals surface area contributed by atoms with Crippen molar-refractivity contribution in [3.05, 3.63) is 21.5 Å². The molecule has 1 aromatic rings. The number of aromatic nitrogens is 1. The van der Waals surface area contributed by atoms with Crippen molar-refractivity contribution in [2.45, 2.75) is 12.8 Å². The van der Waals surface area contributed by atoms with E-state index in [2.05, 4.69) is 32.9 Å². The number of carbonyl (C=O) groups excluding carboxylic acids is 1. The largest absolute Gasteiger partial charge is 0.326 e. The molecular formula is C8H8ClIN2O. The van der Waals surface area contributed by atoms with E-state index in [0.29, 0.717) is 5.88 Å². The molecule has 1 amide bonds. The van der Waals surface area contributed by atoms with Crippen molar-refractivity contribution >= 4 is 45.8 Å². The summed E-state index contributed by atoms with van der Waals surface area (Å²) in [6.45, 7) is 1.47. The molecular weight excluding hydrogens is 302 g/mol. The quantitative estimate of drug-likeness (QED) is 0.518. The van der Waals surface area contributed by atoms with E-state index in [-0.39, 0.29) is 5.91 Å². The Hall–Kier alpha value is -0.360. The fraction of sp³-hybridized carbons (Fsp3) is 0.250. The Balaban J connectivity index is 2.94. The second kappa shape index (κ2) is 4.76. The minimum absolute atomic E-state index is 0.0949. The van der Waals surface area contributed by atoms with E-state index in [4.69, 9.17) is 11.6 Å². The van der Waals surface area contributed by atoms with Crippen molar-refractivity contribution in [2.24, 2.45) is 0 Å². The van der Waals surface area contributed by atoms with Gasteiger partial charge in [-0.25, -0.2) is 4.98 Å². The second-order valence-corrected chi connectivity index (χ2v) is 3.86. The third-order valence-corrected chi connectivity index (χ3v) is 2.13. The first-order valence-corrected chi connectivity index (χ1v) is 5.23. The summed E-state index contributed by atoms with van der Waals surface area (Å²) in [4.78, 5) is 14.9. The molecule has 0 radical (unpaired) electrons. The van der Waals surface area contributed by atoms with Crippen molar-refractivity contribution in [1.82, 2.24) is 4.98 Å². The van der Waals surface area contributed by atoms with Crippen molar-refractivity contribution in [2.75, 3.05) is 5.32 Å². The van der Waals surface area contributed by atoms with Crippen molar-refractivity contribution in [1.29, 1.82) is 0 Å². The number of nitrogens with zero attached hydrogens (tertiary/aromatic N) is 1. The summed E-state index contributed by atoms with van der Waals surface area (Å²) in [5, 5.41) is 2.68. The highest BCUT2D eigenvalue weighted by atomic mass is 127. The van der Waals surface area contributed by atoms with E-state index >= 15 is 0 Å². The van der Waals surface area contributed by atoms with Gasteiger partial charge in [-0.2, -0.15) is 0 Å². The maximum Gasteiger partial charge on any atom is 0.221 e. The molecule has 13 heavy (non-hydrogen) atoms. The number of halogens is 2. The molecule has 0 fully saturated rings. The van der Waals surface area contributed by atoms with Crippen LogP contribution in [0.4, 0.5) is 5.69 Å². The molecule has 1 aromatic heterocycles. The van der Waals surface area contributed by atoms with Crippen LogP contribution < -0.4 is 5.32 Å². The zero-order valence-electron chi connectivity index (χ0n) is 6.97. The Kier molecular flexibility index (Phi) is 3.92. The Morgan fingerprint density at radius 1 is 1.69 bits per heavy atom. The van der Waals surface area contributed by atoms with Crippen LogP contribution in [-0.4, -0.2) is 10.9 Å². The minimum atomic E-state index is -0.0949. The van der Waals surface area contributed by atoms with Gasteiger partial charge in [0.1, 0.15) is 3.70 Å². The fourth-order valence-corrected chi connectivity index (χ4v) is 1.68. The molecule has 0 spiro atoms. The van der Waals surface area contributed by atoms with Crippen LogP contribution in [0, 0.1) is 3.70 Å². The van der Waals surface area contributed by atoms with Gasteiger partial charge in [0.15, 0.2) is 0 Å². The highest BCUT2D eigenvalue weighted by molar-refractivity contribution is 14.1. The number of carbonyl (C=O) groups is 1. The smallest absolute Gasteiger partial charge is 0.221 e. The van der Waals surface area contributed by atoms with Gasteiger partial charge in [-0.15, -0.1) is 11.6 Å². The van der Waals surface area contributed by atoms with Crippen LogP contribution in [0.25, 0.3) is 0 Å². The van der Waals surface area contributed by atoms with E-state index in [1.165, 1.54) is 6.92 Å². The molecule has 0 aromatic carbocycles. The molecule has 0 bridgehead atoms.